The van der Waals surface area contributed by atoms with Gasteiger partial charge in [0, 0.05) is 19.6 Å². The van der Waals surface area contributed by atoms with E-state index in [9.17, 15) is 9.59 Å². The number of methoxy groups -OCH3 is 1. The van der Waals surface area contributed by atoms with Crippen LogP contribution in [0.1, 0.15) is 17.2 Å². The molecule has 0 bridgehead atoms. The molecule has 150 valence electrons. The molecule has 8 heteroatoms. The quantitative estimate of drug-likeness (QED) is 0.723. The average molecular weight is 404 g/mol. The molecule has 0 saturated carbocycles. The maximum atomic E-state index is 12.4. The lowest BCUT2D eigenvalue weighted by Crippen LogP contribution is -2.45. The van der Waals surface area contributed by atoms with Gasteiger partial charge in [0.25, 0.3) is 0 Å². The Hall–Kier alpha value is -2.42. The zero-order valence-electron chi connectivity index (χ0n) is 16.1. The minimum absolute atomic E-state index is 0.0143. The van der Waals surface area contributed by atoms with Crippen molar-refractivity contribution in [1.82, 2.24) is 10.2 Å². The van der Waals surface area contributed by atoms with E-state index in [1.165, 1.54) is 7.11 Å². The van der Waals surface area contributed by atoms with Gasteiger partial charge in [-0.3, -0.25) is 14.5 Å². The van der Waals surface area contributed by atoms with Crippen molar-refractivity contribution in [2.75, 3.05) is 45.3 Å². The smallest absolute Gasteiger partial charge is 0.313 e. The topological polar surface area (TPSA) is 79.9 Å². The first-order valence-electron chi connectivity index (χ1n) is 9.16. The molecule has 1 saturated heterocycles. The molecule has 0 spiro atoms. The van der Waals surface area contributed by atoms with Crippen LogP contribution in [0, 0.1) is 6.92 Å². The third-order valence-electron chi connectivity index (χ3n) is 4.68. The average Bonchev–Trinajstić information content (AvgIpc) is 3.23. The van der Waals surface area contributed by atoms with Gasteiger partial charge in [0.05, 0.1) is 32.1 Å². The number of amides is 2. The van der Waals surface area contributed by atoms with Gasteiger partial charge >= 0.3 is 11.8 Å². The standard InChI is InChI=1S/C20H25N3O4S/c1-14-3-4-18(26-2)16(11-14)22-20(25)19(24)21-12-17(15-5-10-28-13-15)23-6-8-27-9-7-23/h3-5,10-11,13,17H,6-9,12H2,1-2H3,(H,21,24)(H,22,25). The third kappa shape index (κ3) is 5.09. The molecule has 1 aromatic heterocycles. The minimum Gasteiger partial charge on any atom is -0.495 e. The molecule has 1 unspecified atom stereocenters. The summed E-state index contributed by atoms with van der Waals surface area (Å²) in [5.74, 6) is -0.872. The van der Waals surface area contributed by atoms with Crippen molar-refractivity contribution >= 4 is 28.8 Å². The number of thiophene rings is 1. The van der Waals surface area contributed by atoms with Crippen LogP contribution in [0.2, 0.25) is 0 Å². The van der Waals surface area contributed by atoms with Gasteiger partial charge in [-0.05, 0) is 47.0 Å². The Bertz CT molecular complexity index is 804. The Kier molecular flexibility index (Phi) is 7.02. The van der Waals surface area contributed by atoms with E-state index in [-0.39, 0.29) is 6.04 Å². The molecule has 7 nitrogen and oxygen atoms in total. The molecule has 2 amide bonds. The summed E-state index contributed by atoms with van der Waals surface area (Å²) in [7, 11) is 1.52. The van der Waals surface area contributed by atoms with Crippen molar-refractivity contribution < 1.29 is 19.1 Å². The lowest BCUT2D eigenvalue weighted by atomic mass is 10.1. The molecule has 2 N–H and O–H groups in total. The number of morpholine rings is 1. The number of carbonyl (C=O) groups is 2. The molecule has 28 heavy (non-hydrogen) atoms. The van der Waals surface area contributed by atoms with E-state index in [4.69, 9.17) is 9.47 Å². The Labute approximate surface area is 168 Å². The van der Waals surface area contributed by atoms with Crippen molar-refractivity contribution in [1.29, 1.82) is 0 Å². The fraction of sp³-hybridized carbons (Fsp3) is 0.400. The van der Waals surface area contributed by atoms with Crippen LogP contribution in [0.25, 0.3) is 0 Å². The van der Waals surface area contributed by atoms with E-state index in [0.717, 1.165) is 24.2 Å². The largest absolute Gasteiger partial charge is 0.495 e. The molecule has 1 aliphatic rings. The van der Waals surface area contributed by atoms with E-state index in [2.05, 4.69) is 27.0 Å². The normalized spacial score (nSPS) is 15.6. The molecule has 0 radical (unpaired) electrons. The molecule has 1 aromatic carbocycles. The Balaban J connectivity index is 1.62. The van der Waals surface area contributed by atoms with Gasteiger partial charge in [-0.1, -0.05) is 6.07 Å². The van der Waals surface area contributed by atoms with Crippen LogP contribution in [-0.2, 0) is 14.3 Å². The summed E-state index contributed by atoms with van der Waals surface area (Å²) >= 11 is 1.62. The van der Waals surface area contributed by atoms with Gasteiger partial charge in [-0.25, -0.2) is 0 Å². The first-order valence-corrected chi connectivity index (χ1v) is 10.1. The SMILES string of the molecule is COc1ccc(C)cc1NC(=O)C(=O)NCC(c1ccsc1)N1CCOCC1. The van der Waals surface area contributed by atoms with Crippen molar-refractivity contribution in [3.8, 4) is 5.75 Å². The van der Waals surface area contributed by atoms with Gasteiger partial charge in [0.1, 0.15) is 5.75 Å². The van der Waals surface area contributed by atoms with Crippen LogP contribution in [0.5, 0.6) is 5.75 Å². The Morgan fingerprint density at radius 1 is 1.25 bits per heavy atom. The zero-order valence-corrected chi connectivity index (χ0v) is 16.9. The number of nitrogens with zero attached hydrogens (tertiary/aromatic N) is 1. The van der Waals surface area contributed by atoms with E-state index in [1.54, 1.807) is 23.5 Å². The lowest BCUT2D eigenvalue weighted by Gasteiger charge is -2.34. The highest BCUT2D eigenvalue weighted by atomic mass is 32.1. The molecular weight excluding hydrogens is 378 g/mol. The van der Waals surface area contributed by atoms with Gasteiger partial charge < -0.3 is 20.1 Å². The number of aryl methyl sites for hydroxylation is 1. The van der Waals surface area contributed by atoms with E-state index in [1.807, 2.05) is 18.4 Å². The molecule has 0 aliphatic carbocycles. The molecule has 2 aromatic rings. The molecular formula is C20H25N3O4S. The van der Waals surface area contributed by atoms with E-state index < -0.39 is 11.8 Å². The number of anilines is 1. The van der Waals surface area contributed by atoms with Crippen LogP contribution in [-0.4, -0.2) is 56.7 Å². The number of nitrogens with one attached hydrogen (secondary N) is 2. The summed E-state index contributed by atoms with van der Waals surface area (Å²) in [6.07, 6.45) is 0. The highest BCUT2D eigenvalue weighted by molar-refractivity contribution is 7.08. The number of ether oxygens (including phenoxy) is 2. The summed E-state index contributed by atoms with van der Waals surface area (Å²) in [4.78, 5) is 27.0. The number of rotatable bonds is 6. The van der Waals surface area contributed by atoms with Gasteiger partial charge in [0.2, 0.25) is 0 Å². The van der Waals surface area contributed by atoms with Crippen LogP contribution >= 0.6 is 11.3 Å². The van der Waals surface area contributed by atoms with Crippen molar-refractivity contribution in [3.05, 3.63) is 46.2 Å². The van der Waals surface area contributed by atoms with Crippen LogP contribution in [0.15, 0.2) is 35.0 Å². The highest BCUT2D eigenvalue weighted by Gasteiger charge is 2.25. The van der Waals surface area contributed by atoms with Crippen LogP contribution in [0.4, 0.5) is 5.69 Å². The van der Waals surface area contributed by atoms with Crippen molar-refractivity contribution in [3.63, 3.8) is 0 Å². The summed E-state index contributed by atoms with van der Waals surface area (Å²) in [5, 5.41) is 9.49. The summed E-state index contributed by atoms with van der Waals surface area (Å²) in [6, 6.07) is 7.47. The molecule has 2 heterocycles. The molecule has 1 aliphatic heterocycles. The summed E-state index contributed by atoms with van der Waals surface area (Å²) in [6.45, 7) is 5.19. The lowest BCUT2D eigenvalue weighted by molar-refractivity contribution is -0.136. The minimum atomic E-state index is -0.713. The fourth-order valence-electron chi connectivity index (χ4n) is 3.18. The van der Waals surface area contributed by atoms with Crippen molar-refractivity contribution in [2.24, 2.45) is 0 Å². The number of benzene rings is 1. The van der Waals surface area contributed by atoms with E-state index >= 15 is 0 Å². The monoisotopic (exact) mass is 403 g/mol. The van der Waals surface area contributed by atoms with Crippen LogP contribution < -0.4 is 15.4 Å². The zero-order chi connectivity index (χ0) is 19.9. The predicted molar refractivity (Wildman–Crippen MR) is 109 cm³/mol. The molecule has 1 atom stereocenters. The van der Waals surface area contributed by atoms with Gasteiger partial charge in [-0.2, -0.15) is 11.3 Å². The number of hydrogen-bond donors (Lipinski definition) is 2. The fourth-order valence-corrected chi connectivity index (χ4v) is 3.89. The number of hydrogen-bond acceptors (Lipinski definition) is 6. The van der Waals surface area contributed by atoms with Gasteiger partial charge in [-0.15, -0.1) is 0 Å². The first kappa shape index (κ1) is 20.3. The van der Waals surface area contributed by atoms with E-state index in [0.29, 0.717) is 31.2 Å². The summed E-state index contributed by atoms with van der Waals surface area (Å²) < 4.78 is 10.7. The van der Waals surface area contributed by atoms with Gasteiger partial charge in [0.15, 0.2) is 0 Å². The molecule has 3 rings (SSSR count). The predicted octanol–water partition coefficient (Wildman–Crippen LogP) is 2.19. The van der Waals surface area contributed by atoms with Crippen LogP contribution in [0.3, 0.4) is 0 Å². The molecule has 1 fully saturated rings. The second-order valence-electron chi connectivity index (χ2n) is 6.59. The second kappa shape index (κ2) is 9.68. The maximum Gasteiger partial charge on any atom is 0.313 e. The second-order valence-corrected chi connectivity index (χ2v) is 7.37. The maximum absolute atomic E-state index is 12.4. The Morgan fingerprint density at radius 2 is 2.04 bits per heavy atom. The highest BCUT2D eigenvalue weighted by Crippen LogP contribution is 2.25. The van der Waals surface area contributed by atoms with Crippen molar-refractivity contribution in [2.45, 2.75) is 13.0 Å². The summed E-state index contributed by atoms with van der Waals surface area (Å²) in [5.41, 5.74) is 2.57. The number of carbonyl (C=O) groups excluding carboxylic acids is 2. The third-order valence-corrected chi connectivity index (χ3v) is 5.38. The Morgan fingerprint density at radius 3 is 2.71 bits per heavy atom. The first-order chi connectivity index (χ1) is 13.6.